The molecule has 1 aromatic heterocycles. The fraction of sp³-hybridized carbons (Fsp3) is 0.370. The van der Waals surface area contributed by atoms with Crippen LogP contribution in [0, 0.1) is 17.7 Å². The molecule has 6 nitrogen and oxygen atoms in total. The Bertz CT molecular complexity index is 1270. The molecule has 35 heavy (non-hydrogen) atoms. The molecule has 3 aromatic rings. The first-order valence-corrected chi connectivity index (χ1v) is 13.5. The third-order valence-electron chi connectivity index (χ3n) is 7.24. The first-order valence-electron chi connectivity index (χ1n) is 12.0. The molecule has 184 valence electrons. The average Bonchev–Trinajstić information content (AvgIpc) is 3.19. The lowest BCUT2D eigenvalue weighted by atomic mass is 9.84. The van der Waals surface area contributed by atoms with Crippen LogP contribution in [0.1, 0.15) is 36.8 Å². The molecule has 0 aliphatic heterocycles. The van der Waals surface area contributed by atoms with Crippen LogP contribution in [-0.4, -0.2) is 32.7 Å². The van der Waals surface area contributed by atoms with Crippen LogP contribution >= 0.6 is 0 Å². The summed E-state index contributed by atoms with van der Waals surface area (Å²) < 4.78 is 53.6. The molecule has 5 rings (SSSR count). The quantitative estimate of drug-likeness (QED) is 0.457. The van der Waals surface area contributed by atoms with Crippen molar-refractivity contribution in [2.75, 3.05) is 13.2 Å². The molecule has 0 amide bonds. The third-order valence-corrected chi connectivity index (χ3v) is 8.68. The standard InChI is InChI=1S/C27H29FN2O4S/c1-18-25-11-9-23(34-14-13-33-22-7-5-21(28)6-8-22)16-20(25)15-19-4-10-26(18)27(19)30-35(31,32)24-3-2-12-29-17-24/h2-3,5-9,11-12,16-19,26-27,30H,4,10,13-15H2,1H3. The molecule has 1 heterocycles. The third kappa shape index (κ3) is 5.18. The molecular weight excluding hydrogens is 467 g/mol. The molecule has 2 aliphatic carbocycles. The molecule has 1 N–H and O–H groups in total. The van der Waals surface area contributed by atoms with Crippen LogP contribution in [0.25, 0.3) is 0 Å². The predicted octanol–water partition coefficient (Wildman–Crippen LogP) is 4.71. The van der Waals surface area contributed by atoms with Crippen LogP contribution in [0.4, 0.5) is 4.39 Å². The summed E-state index contributed by atoms with van der Waals surface area (Å²) in [6, 6.07) is 15.2. The van der Waals surface area contributed by atoms with E-state index < -0.39 is 10.0 Å². The highest BCUT2D eigenvalue weighted by atomic mass is 32.2. The number of hydrogen-bond acceptors (Lipinski definition) is 5. The van der Waals surface area contributed by atoms with Gasteiger partial charge in [0.25, 0.3) is 0 Å². The minimum absolute atomic E-state index is 0.115. The topological polar surface area (TPSA) is 77.5 Å². The molecular formula is C27H29FN2O4S. The van der Waals surface area contributed by atoms with Gasteiger partial charge in [0.15, 0.2) is 0 Å². The van der Waals surface area contributed by atoms with Crippen molar-refractivity contribution in [3.8, 4) is 11.5 Å². The Kier molecular flexibility index (Phi) is 6.75. The molecule has 4 atom stereocenters. The number of ether oxygens (including phenoxy) is 2. The molecule has 2 bridgehead atoms. The summed E-state index contributed by atoms with van der Waals surface area (Å²) in [6.07, 6.45) is 5.76. The zero-order valence-corrected chi connectivity index (χ0v) is 20.4. The number of hydrogen-bond donors (Lipinski definition) is 1. The highest BCUT2D eigenvalue weighted by Gasteiger charge is 2.44. The minimum atomic E-state index is -3.63. The summed E-state index contributed by atoms with van der Waals surface area (Å²) in [4.78, 5) is 4.17. The van der Waals surface area contributed by atoms with Crippen LogP contribution in [-0.2, 0) is 16.4 Å². The Balaban J connectivity index is 1.26. The van der Waals surface area contributed by atoms with Gasteiger partial charge in [0.05, 0.1) is 0 Å². The van der Waals surface area contributed by atoms with Gasteiger partial charge in [-0.3, -0.25) is 4.98 Å². The number of sulfonamides is 1. The van der Waals surface area contributed by atoms with E-state index in [2.05, 4.69) is 28.8 Å². The number of aromatic nitrogens is 1. The lowest BCUT2D eigenvalue weighted by Crippen LogP contribution is -2.42. The highest BCUT2D eigenvalue weighted by Crippen LogP contribution is 2.47. The fourth-order valence-corrected chi connectivity index (χ4v) is 6.82. The summed E-state index contributed by atoms with van der Waals surface area (Å²) in [6.45, 7) is 2.91. The predicted molar refractivity (Wildman–Crippen MR) is 131 cm³/mol. The monoisotopic (exact) mass is 496 g/mol. The maximum absolute atomic E-state index is 13.0. The molecule has 0 saturated heterocycles. The van der Waals surface area contributed by atoms with Crippen molar-refractivity contribution in [2.45, 2.75) is 43.0 Å². The maximum Gasteiger partial charge on any atom is 0.242 e. The van der Waals surface area contributed by atoms with E-state index >= 15 is 0 Å². The van der Waals surface area contributed by atoms with Gasteiger partial charge < -0.3 is 9.47 Å². The normalized spacial score (nSPS) is 23.4. The van der Waals surface area contributed by atoms with Gasteiger partial charge in [0.2, 0.25) is 10.0 Å². The van der Waals surface area contributed by atoms with Crippen molar-refractivity contribution in [1.82, 2.24) is 9.71 Å². The summed E-state index contributed by atoms with van der Waals surface area (Å²) >= 11 is 0. The number of fused-ring (bicyclic) bond motifs is 3. The molecule has 4 unspecified atom stereocenters. The highest BCUT2D eigenvalue weighted by molar-refractivity contribution is 7.89. The zero-order chi connectivity index (χ0) is 24.4. The molecule has 2 aromatic carbocycles. The van der Waals surface area contributed by atoms with Gasteiger partial charge in [-0.05, 0) is 96.7 Å². The summed E-state index contributed by atoms with van der Waals surface area (Å²) in [5.41, 5.74) is 2.48. The first-order chi connectivity index (χ1) is 16.9. The van der Waals surface area contributed by atoms with Gasteiger partial charge in [-0.1, -0.05) is 13.0 Å². The van der Waals surface area contributed by atoms with Gasteiger partial charge >= 0.3 is 0 Å². The van der Waals surface area contributed by atoms with Gasteiger partial charge in [0, 0.05) is 18.4 Å². The SMILES string of the molecule is CC1c2ccc(OCCOc3ccc(F)cc3)cc2CC2CCC1C2NS(=O)(=O)c1cccnc1. The van der Waals surface area contributed by atoms with Crippen LogP contribution in [0.2, 0.25) is 0 Å². The van der Waals surface area contributed by atoms with Crippen LogP contribution in [0.5, 0.6) is 11.5 Å². The second-order valence-corrected chi connectivity index (χ2v) is 11.1. The van der Waals surface area contributed by atoms with E-state index in [1.165, 1.54) is 29.5 Å². The van der Waals surface area contributed by atoms with Gasteiger partial charge in [0.1, 0.15) is 35.4 Å². The maximum atomic E-state index is 13.0. The summed E-state index contributed by atoms with van der Waals surface area (Å²) in [5.74, 6) is 1.77. The number of nitrogens with zero attached hydrogens (tertiary/aromatic N) is 1. The van der Waals surface area contributed by atoms with E-state index in [1.807, 2.05) is 6.07 Å². The van der Waals surface area contributed by atoms with Crippen molar-refractivity contribution in [3.05, 3.63) is 83.9 Å². The van der Waals surface area contributed by atoms with Gasteiger partial charge in [-0.15, -0.1) is 0 Å². The van der Waals surface area contributed by atoms with Gasteiger partial charge in [-0.25, -0.2) is 17.5 Å². The molecule has 0 radical (unpaired) electrons. The van der Waals surface area contributed by atoms with Gasteiger partial charge in [-0.2, -0.15) is 0 Å². The molecule has 8 heteroatoms. The Morgan fingerprint density at radius 1 is 1.03 bits per heavy atom. The number of nitrogens with one attached hydrogen (secondary N) is 1. The van der Waals surface area contributed by atoms with E-state index in [0.29, 0.717) is 19.0 Å². The Morgan fingerprint density at radius 3 is 2.51 bits per heavy atom. The molecule has 0 spiro atoms. The smallest absolute Gasteiger partial charge is 0.242 e. The van der Waals surface area contributed by atoms with E-state index in [0.717, 1.165) is 25.0 Å². The second-order valence-electron chi connectivity index (χ2n) is 9.34. The largest absolute Gasteiger partial charge is 0.490 e. The van der Waals surface area contributed by atoms with E-state index in [9.17, 15) is 12.8 Å². The Labute approximate surface area is 205 Å². The van der Waals surface area contributed by atoms with Crippen molar-refractivity contribution < 1.29 is 22.3 Å². The van der Waals surface area contributed by atoms with Crippen LogP contribution < -0.4 is 14.2 Å². The van der Waals surface area contributed by atoms with Crippen molar-refractivity contribution >= 4 is 10.0 Å². The Hall–Kier alpha value is -2.97. The summed E-state index contributed by atoms with van der Waals surface area (Å²) in [7, 11) is -3.63. The number of rotatable bonds is 8. The average molecular weight is 497 g/mol. The number of halogens is 1. The van der Waals surface area contributed by atoms with Crippen LogP contribution in [0.3, 0.4) is 0 Å². The van der Waals surface area contributed by atoms with Crippen molar-refractivity contribution in [1.29, 1.82) is 0 Å². The Morgan fingerprint density at radius 2 is 1.77 bits per heavy atom. The van der Waals surface area contributed by atoms with Crippen molar-refractivity contribution in [2.24, 2.45) is 11.8 Å². The van der Waals surface area contributed by atoms with E-state index in [1.54, 1.807) is 30.5 Å². The second kappa shape index (κ2) is 9.95. The lowest BCUT2D eigenvalue weighted by molar-refractivity contribution is 0.217. The number of benzene rings is 2. The van der Waals surface area contributed by atoms with E-state index in [-0.39, 0.29) is 34.5 Å². The van der Waals surface area contributed by atoms with E-state index in [4.69, 9.17) is 9.47 Å². The van der Waals surface area contributed by atoms with Crippen LogP contribution in [0.15, 0.2) is 71.9 Å². The lowest BCUT2D eigenvalue weighted by Gasteiger charge is -2.27. The number of pyridine rings is 1. The van der Waals surface area contributed by atoms with Crippen molar-refractivity contribution in [3.63, 3.8) is 0 Å². The minimum Gasteiger partial charge on any atom is -0.490 e. The molecule has 1 fully saturated rings. The fourth-order valence-electron chi connectivity index (χ4n) is 5.50. The molecule has 2 aliphatic rings. The molecule has 1 saturated carbocycles. The first kappa shape index (κ1) is 23.8. The zero-order valence-electron chi connectivity index (χ0n) is 19.6. The summed E-state index contributed by atoms with van der Waals surface area (Å²) in [5, 5.41) is 0.